The Kier molecular flexibility index (Phi) is 3.56. The van der Waals surface area contributed by atoms with E-state index in [1.807, 2.05) is 36.4 Å². The molecule has 1 aliphatic rings. The van der Waals surface area contributed by atoms with Gasteiger partial charge >= 0.3 is 0 Å². The van der Waals surface area contributed by atoms with Crippen LogP contribution in [0.3, 0.4) is 0 Å². The quantitative estimate of drug-likeness (QED) is 0.707. The molecule has 0 spiro atoms. The molecule has 3 aromatic rings. The van der Waals surface area contributed by atoms with Gasteiger partial charge in [-0.25, -0.2) is 9.97 Å². The van der Waals surface area contributed by atoms with Gasteiger partial charge < -0.3 is 4.74 Å². The zero-order valence-electron chi connectivity index (χ0n) is 12.1. The molecule has 1 aromatic carbocycles. The number of imidazole rings is 1. The minimum atomic E-state index is 0.0265. The summed E-state index contributed by atoms with van der Waals surface area (Å²) in [6.07, 6.45) is 5.11. The molecular weight excluding hydrogens is 298 g/mol. The van der Waals surface area contributed by atoms with Gasteiger partial charge in [0.05, 0.1) is 0 Å². The summed E-state index contributed by atoms with van der Waals surface area (Å²) in [5, 5.41) is 0.719. The van der Waals surface area contributed by atoms with E-state index in [9.17, 15) is 0 Å². The van der Waals surface area contributed by atoms with Crippen LogP contribution >= 0.6 is 11.6 Å². The van der Waals surface area contributed by atoms with Gasteiger partial charge in [0.15, 0.2) is 5.65 Å². The number of hydrogen-bond donors (Lipinski definition) is 0. The van der Waals surface area contributed by atoms with E-state index in [0.717, 1.165) is 47.1 Å². The van der Waals surface area contributed by atoms with Gasteiger partial charge in [0.25, 0.3) is 0 Å². The van der Waals surface area contributed by atoms with E-state index in [0.29, 0.717) is 0 Å². The first-order valence-electron chi connectivity index (χ1n) is 7.54. The van der Waals surface area contributed by atoms with Crippen LogP contribution < -0.4 is 0 Å². The van der Waals surface area contributed by atoms with Crippen LogP contribution in [0, 0.1) is 0 Å². The lowest BCUT2D eigenvalue weighted by Crippen LogP contribution is -2.16. The van der Waals surface area contributed by atoms with Crippen molar-refractivity contribution < 1.29 is 4.74 Å². The summed E-state index contributed by atoms with van der Waals surface area (Å²) in [6.45, 7) is 0.794. The smallest absolute Gasteiger partial charge is 0.164 e. The minimum absolute atomic E-state index is 0.0265. The SMILES string of the molecule is Clc1ccc(-n2c(C3CCCCO3)nc3cccnc32)cc1. The van der Waals surface area contributed by atoms with Crippen LogP contribution in [0.15, 0.2) is 42.6 Å². The fourth-order valence-corrected chi connectivity index (χ4v) is 3.06. The molecule has 4 nitrogen and oxygen atoms in total. The van der Waals surface area contributed by atoms with Gasteiger partial charge in [0.2, 0.25) is 0 Å². The number of rotatable bonds is 2. The fraction of sp³-hybridized carbons (Fsp3) is 0.294. The lowest BCUT2D eigenvalue weighted by Gasteiger charge is -2.23. The number of ether oxygens (including phenoxy) is 1. The molecule has 0 aliphatic carbocycles. The maximum Gasteiger partial charge on any atom is 0.164 e. The lowest BCUT2D eigenvalue weighted by molar-refractivity contribution is 0.00886. The van der Waals surface area contributed by atoms with Gasteiger partial charge in [0, 0.05) is 23.5 Å². The number of fused-ring (bicyclic) bond motifs is 1. The highest BCUT2D eigenvalue weighted by molar-refractivity contribution is 6.30. The molecule has 1 saturated heterocycles. The topological polar surface area (TPSA) is 39.9 Å². The zero-order chi connectivity index (χ0) is 14.9. The summed E-state index contributed by atoms with van der Waals surface area (Å²) < 4.78 is 8.03. The molecule has 22 heavy (non-hydrogen) atoms. The molecule has 3 heterocycles. The maximum atomic E-state index is 6.01. The maximum absolute atomic E-state index is 6.01. The number of nitrogens with zero attached hydrogens (tertiary/aromatic N) is 3. The Morgan fingerprint density at radius 3 is 2.77 bits per heavy atom. The minimum Gasteiger partial charge on any atom is -0.370 e. The number of halogens is 1. The van der Waals surface area contributed by atoms with Crippen molar-refractivity contribution in [3.8, 4) is 5.69 Å². The zero-order valence-corrected chi connectivity index (χ0v) is 12.8. The summed E-state index contributed by atoms with van der Waals surface area (Å²) in [6, 6.07) is 11.7. The van der Waals surface area contributed by atoms with Crippen molar-refractivity contribution in [1.82, 2.24) is 14.5 Å². The second kappa shape index (κ2) is 5.71. The molecule has 0 saturated carbocycles. The van der Waals surface area contributed by atoms with Crippen molar-refractivity contribution >= 4 is 22.8 Å². The molecule has 1 atom stereocenters. The molecule has 5 heteroatoms. The van der Waals surface area contributed by atoms with Crippen LogP contribution in [-0.2, 0) is 4.74 Å². The normalized spacial score (nSPS) is 18.7. The Bertz CT molecular complexity index is 791. The molecule has 112 valence electrons. The van der Waals surface area contributed by atoms with Crippen LogP contribution in [0.25, 0.3) is 16.9 Å². The highest BCUT2D eigenvalue weighted by Crippen LogP contribution is 2.31. The number of pyridine rings is 1. The van der Waals surface area contributed by atoms with E-state index in [1.165, 1.54) is 6.42 Å². The van der Waals surface area contributed by atoms with Gasteiger partial charge in [0.1, 0.15) is 17.4 Å². The predicted octanol–water partition coefficient (Wildman–Crippen LogP) is 4.32. The molecule has 1 aliphatic heterocycles. The predicted molar refractivity (Wildman–Crippen MR) is 86.4 cm³/mol. The molecule has 0 radical (unpaired) electrons. The monoisotopic (exact) mass is 313 g/mol. The third-order valence-electron chi connectivity index (χ3n) is 3.99. The van der Waals surface area contributed by atoms with Crippen molar-refractivity contribution in [3.63, 3.8) is 0 Å². The molecule has 0 amide bonds. The molecule has 1 unspecified atom stereocenters. The highest BCUT2D eigenvalue weighted by Gasteiger charge is 2.24. The first-order valence-corrected chi connectivity index (χ1v) is 7.91. The Hall–Kier alpha value is -1.91. The van der Waals surface area contributed by atoms with E-state index < -0.39 is 0 Å². The van der Waals surface area contributed by atoms with E-state index in [2.05, 4.69) is 9.55 Å². The summed E-state index contributed by atoms with van der Waals surface area (Å²) in [5.74, 6) is 0.927. The summed E-state index contributed by atoms with van der Waals surface area (Å²) >= 11 is 6.01. The first kappa shape index (κ1) is 13.7. The average molecular weight is 314 g/mol. The Morgan fingerprint density at radius 2 is 2.00 bits per heavy atom. The van der Waals surface area contributed by atoms with Crippen molar-refractivity contribution in [3.05, 3.63) is 53.4 Å². The van der Waals surface area contributed by atoms with Crippen LogP contribution in [0.1, 0.15) is 31.2 Å². The molecule has 0 bridgehead atoms. The molecule has 0 N–H and O–H groups in total. The van der Waals surface area contributed by atoms with Crippen LogP contribution in [0.5, 0.6) is 0 Å². The summed E-state index contributed by atoms with van der Waals surface area (Å²) in [5.41, 5.74) is 2.75. The van der Waals surface area contributed by atoms with E-state index in [1.54, 1.807) is 6.20 Å². The summed E-state index contributed by atoms with van der Waals surface area (Å²) in [7, 11) is 0. The van der Waals surface area contributed by atoms with Gasteiger partial charge in [-0.3, -0.25) is 4.57 Å². The number of aromatic nitrogens is 3. The van der Waals surface area contributed by atoms with Crippen molar-refractivity contribution in [2.75, 3.05) is 6.61 Å². The van der Waals surface area contributed by atoms with Gasteiger partial charge in [-0.15, -0.1) is 0 Å². The van der Waals surface area contributed by atoms with Crippen LogP contribution in [-0.4, -0.2) is 21.1 Å². The van der Waals surface area contributed by atoms with Crippen LogP contribution in [0.4, 0.5) is 0 Å². The van der Waals surface area contributed by atoms with E-state index >= 15 is 0 Å². The Morgan fingerprint density at radius 1 is 1.14 bits per heavy atom. The van der Waals surface area contributed by atoms with Crippen LogP contribution in [0.2, 0.25) is 5.02 Å². The Balaban J connectivity index is 1.91. The Labute approximate surface area is 133 Å². The molecular formula is C17H16ClN3O. The summed E-state index contributed by atoms with van der Waals surface area (Å²) in [4.78, 5) is 9.29. The third kappa shape index (κ3) is 2.38. The second-order valence-electron chi connectivity index (χ2n) is 5.48. The van der Waals surface area contributed by atoms with Crippen molar-refractivity contribution in [1.29, 1.82) is 0 Å². The van der Waals surface area contributed by atoms with Gasteiger partial charge in [-0.1, -0.05) is 11.6 Å². The number of hydrogen-bond acceptors (Lipinski definition) is 3. The van der Waals surface area contributed by atoms with Crippen molar-refractivity contribution in [2.24, 2.45) is 0 Å². The highest BCUT2D eigenvalue weighted by atomic mass is 35.5. The average Bonchev–Trinajstić information content (AvgIpc) is 2.96. The third-order valence-corrected chi connectivity index (χ3v) is 4.25. The van der Waals surface area contributed by atoms with E-state index in [-0.39, 0.29) is 6.10 Å². The first-order chi connectivity index (χ1) is 10.8. The van der Waals surface area contributed by atoms with Gasteiger partial charge in [-0.2, -0.15) is 0 Å². The van der Waals surface area contributed by atoms with Gasteiger partial charge in [-0.05, 0) is 55.7 Å². The van der Waals surface area contributed by atoms with E-state index in [4.69, 9.17) is 21.3 Å². The lowest BCUT2D eigenvalue weighted by atomic mass is 10.1. The van der Waals surface area contributed by atoms with Crippen molar-refractivity contribution in [2.45, 2.75) is 25.4 Å². The largest absolute Gasteiger partial charge is 0.370 e. The molecule has 2 aromatic heterocycles. The second-order valence-corrected chi connectivity index (χ2v) is 5.92. The standard InChI is InChI=1S/C17H16ClN3O/c18-12-6-8-13(9-7-12)21-16-14(4-3-10-19-16)20-17(21)15-5-1-2-11-22-15/h3-4,6-10,15H,1-2,5,11H2. The molecule has 4 rings (SSSR count). The number of benzene rings is 1. The molecule has 1 fully saturated rings. The fourth-order valence-electron chi connectivity index (χ4n) is 2.94.